The molecule has 0 aliphatic heterocycles. The van der Waals surface area contributed by atoms with E-state index in [4.69, 9.17) is 0 Å². The molecule has 3 rings (SSSR count). The summed E-state index contributed by atoms with van der Waals surface area (Å²) in [4.78, 5) is 12.7. The number of hydrogen-bond donors (Lipinski definition) is 1. The molecule has 1 amide bonds. The fourth-order valence-corrected chi connectivity index (χ4v) is 3.28. The Balaban J connectivity index is 1.67. The number of hydrogen-bond acceptors (Lipinski definition) is 4. The van der Waals surface area contributed by atoms with Crippen LogP contribution >= 0.6 is 0 Å². The van der Waals surface area contributed by atoms with E-state index in [2.05, 4.69) is 79.7 Å². The van der Waals surface area contributed by atoms with Gasteiger partial charge in [-0.15, -0.1) is 5.10 Å². The van der Waals surface area contributed by atoms with Crippen LogP contribution in [0.25, 0.3) is 5.69 Å². The highest BCUT2D eigenvalue weighted by molar-refractivity contribution is 5.79. The minimum atomic E-state index is -0.0167. The summed E-state index contributed by atoms with van der Waals surface area (Å²) in [5.74, 6) is 0.306. The zero-order valence-corrected chi connectivity index (χ0v) is 17.8. The van der Waals surface area contributed by atoms with Gasteiger partial charge in [-0.05, 0) is 50.6 Å². The zero-order chi connectivity index (χ0) is 21.0. The fraction of sp³-hybridized carbons (Fsp3) is 0.391. The molecule has 0 saturated heterocycles. The SMILES string of the molecule is CC(C)[C@H](NC(=O)Cc1ccc(-n2cnnn2)cc1)c1ccc(C(C)(C)C)cc1. The Labute approximate surface area is 172 Å². The molecule has 0 aliphatic rings. The predicted octanol–water partition coefficient (Wildman–Crippen LogP) is 4.02. The van der Waals surface area contributed by atoms with Gasteiger partial charge in [0, 0.05) is 0 Å². The average molecular weight is 392 g/mol. The maximum Gasteiger partial charge on any atom is 0.224 e. The number of nitrogens with one attached hydrogen (secondary N) is 1. The first-order chi connectivity index (χ1) is 13.7. The van der Waals surface area contributed by atoms with Crippen molar-refractivity contribution in [1.29, 1.82) is 0 Å². The summed E-state index contributed by atoms with van der Waals surface area (Å²) in [5, 5.41) is 14.3. The number of rotatable bonds is 6. The van der Waals surface area contributed by atoms with Gasteiger partial charge >= 0.3 is 0 Å². The summed E-state index contributed by atoms with van der Waals surface area (Å²) in [7, 11) is 0. The van der Waals surface area contributed by atoms with Gasteiger partial charge in [-0.3, -0.25) is 4.79 Å². The van der Waals surface area contributed by atoms with Crippen molar-refractivity contribution in [2.75, 3.05) is 0 Å². The normalized spacial score (nSPS) is 12.8. The van der Waals surface area contributed by atoms with E-state index >= 15 is 0 Å². The summed E-state index contributed by atoms with van der Waals surface area (Å²) < 4.78 is 1.58. The molecule has 1 heterocycles. The van der Waals surface area contributed by atoms with Crippen molar-refractivity contribution in [1.82, 2.24) is 25.5 Å². The smallest absolute Gasteiger partial charge is 0.224 e. The van der Waals surface area contributed by atoms with E-state index < -0.39 is 0 Å². The molecule has 152 valence electrons. The Kier molecular flexibility index (Phi) is 6.11. The molecule has 0 fully saturated rings. The van der Waals surface area contributed by atoms with E-state index in [9.17, 15) is 4.79 Å². The quantitative estimate of drug-likeness (QED) is 0.689. The second kappa shape index (κ2) is 8.55. The molecule has 0 spiro atoms. The lowest BCUT2D eigenvalue weighted by Crippen LogP contribution is -2.32. The highest BCUT2D eigenvalue weighted by Crippen LogP contribution is 2.27. The van der Waals surface area contributed by atoms with Crippen LogP contribution < -0.4 is 5.32 Å². The monoisotopic (exact) mass is 391 g/mol. The second-order valence-corrected chi connectivity index (χ2v) is 8.76. The molecule has 1 aromatic heterocycles. The highest BCUT2D eigenvalue weighted by Gasteiger charge is 2.20. The van der Waals surface area contributed by atoms with Gasteiger partial charge in [0.1, 0.15) is 6.33 Å². The van der Waals surface area contributed by atoms with Crippen LogP contribution in [-0.4, -0.2) is 26.1 Å². The number of tetrazole rings is 1. The lowest BCUT2D eigenvalue weighted by molar-refractivity contribution is -0.121. The molecule has 0 unspecified atom stereocenters. The molecule has 0 saturated carbocycles. The maximum atomic E-state index is 12.7. The van der Waals surface area contributed by atoms with E-state index in [1.54, 1.807) is 11.0 Å². The highest BCUT2D eigenvalue weighted by atomic mass is 16.1. The maximum absolute atomic E-state index is 12.7. The van der Waals surface area contributed by atoms with Gasteiger partial charge in [0.2, 0.25) is 5.91 Å². The standard InChI is InChI=1S/C23H29N5O/c1-16(2)22(18-8-10-19(11-9-18)23(3,4)5)25-21(29)14-17-6-12-20(13-7-17)28-15-24-26-27-28/h6-13,15-16,22H,14H2,1-5H3,(H,25,29)/t22-/m0/s1. The fourth-order valence-electron chi connectivity index (χ4n) is 3.28. The third kappa shape index (κ3) is 5.28. The Morgan fingerprint density at radius 1 is 1.03 bits per heavy atom. The lowest BCUT2D eigenvalue weighted by atomic mass is 9.85. The van der Waals surface area contributed by atoms with E-state index in [0.717, 1.165) is 16.8 Å². The van der Waals surface area contributed by atoms with Crippen molar-refractivity contribution in [2.24, 2.45) is 5.92 Å². The Hall–Kier alpha value is -3.02. The van der Waals surface area contributed by atoms with Crippen molar-refractivity contribution in [3.63, 3.8) is 0 Å². The zero-order valence-electron chi connectivity index (χ0n) is 17.8. The second-order valence-electron chi connectivity index (χ2n) is 8.76. The van der Waals surface area contributed by atoms with Gasteiger partial charge in [-0.1, -0.05) is 71.0 Å². The number of aromatic nitrogens is 4. The number of carbonyl (C=O) groups is 1. The van der Waals surface area contributed by atoms with E-state index in [0.29, 0.717) is 12.3 Å². The third-order valence-corrected chi connectivity index (χ3v) is 5.03. The third-order valence-electron chi connectivity index (χ3n) is 5.03. The molecule has 6 nitrogen and oxygen atoms in total. The van der Waals surface area contributed by atoms with Crippen LogP contribution in [0.15, 0.2) is 54.9 Å². The van der Waals surface area contributed by atoms with Crippen molar-refractivity contribution in [2.45, 2.75) is 52.5 Å². The predicted molar refractivity (Wildman–Crippen MR) is 114 cm³/mol. The van der Waals surface area contributed by atoms with Crippen LogP contribution in [0.4, 0.5) is 0 Å². The van der Waals surface area contributed by atoms with E-state index in [1.807, 2.05) is 24.3 Å². The van der Waals surface area contributed by atoms with Gasteiger partial charge in [-0.25, -0.2) is 4.68 Å². The number of amides is 1. The molecule has 1 N–H and O–H groups in total. The van der Waals surface area contributed by atoms with Gasteiger partial charge in [0.25, 0.3) is 0 Å². The minimum absolute atomic E-state index is 0.0128. The molecular formula is C23H29N5O. The van der Waals surface area contributed by atoms with Crippen molar-refractivity contribution >= 4 is 5.91 Å². The van der Waals surface area contributed by atoms with Gasteiger partial charge in [0.15, 0.2) is 0 Å². The van der Waals surface area contributed by atoms with Gasteiger partial charge < -0.3 is 5.32 Å². The van der Waals surface area contributed by atoms with Crippen molar-refractivity contribution < 1.29 is 4.79 Å². The number of carbonyl (C=O) groups excluding carboxylic acids is 1. The van der Waals surface area contributed by atoms with Crippen molar-refractivity contribution in [3.8, 4) is 5.69 Å². The Morgan fingerprint density at radius 3 is 2.21 bits per heavy atom. The average Bonchev–Trinajstić information content (AvgIpc) is 3.21. The lowest BCUT2D eigenvalue weighted by Gasteiger charge is -2.25. The first-order valence-electron chi connectivity index (χ1n) is 9.96. The minimum Gasteiger partial charge on any atom is -0.349 e. The largest absolute Gasteiger partial charge is 0.349 e. The Bertz CT molecular complexity index is 923. The molecule has 29 heavy (non-hydrogen) atoms. The van der Waals surface area contributed by atoms with Crippen LogP contribution in [0, 0.1) is 5.92 Å². The van der Waals surface area contributed by atoms with Crippen LogP contribution in [-0.2, 0) is 16.6 Å². The Morgan fingerprint density at radius 2 is 1.69 bits per heavy atom. The van der Waals surface area contributed by atoms with E-state index in [-0.39, 0.29) is 17.4 Å². The van der Waals surface area contributed by atoms with Crippen LogP contribution in [0.5, 0.6) is 0 Å². The van der Waals surface area contributed by atoms with Crippen molar-refractivity contribution in [3.05, 3.63) is 71.5 Å². The van der Waals surface area contributed by atoms with Gasteiger partial charge in [-0.2, -0.15) is 0 Å². The first kappa shape index (κ1) is 20.7. The molecule has 0 radical (unpaired) electrons. The molecule has 0 aliphatic carbocycles. The van der Waals surface area contributed by atoms with Gasteiger partial charge in [0.05, 0.1) is 18.2 Å². The summed E-state index contributed by atoms with van der Waals surface area (Å²) in [6, 6.07) is 16.2. The number of nitrogens with zero attached hydrogens (tertiary/aromatic N) is 4. The molecule has 2 aromatic carbocycles. The number of benzene rings is 2. The summed E-state index contributed by atoms with van der Waals surface area (Å²) >= 11 is 0. The molecule has 6 heteroatoms. The van der Waals surface area contributed by atoms with Crippen LogP contribution in [0.3, 0.4) is 0 Å². The summed E-state index contributed by atoms with van der Waals surface area (Å²) in [6.07, 6.45) is 1.87. The molecular weight excluding hydrogens is 362 g/mol. The topological polar surface area (TPSA) is 72.7 Å². The van der Waals surface area contributed by atoms with Crippen LogP contribution in [0.1, 0.15) is 57.4 Å². The molecule has 0 bridgehead atoms. The first-order valence-corrected chi connectivity index (χ1v) is 9.96. The summed E-state index contributed by atoms with van der Waals surface area (Å²) in [6.45, 7) is 10.9. The summed E-state index contributed by atoms with van der Waals surface area (Å²) in [5.41, 5.74) is 4.35. The molecule has 1 atom stereocenters. The van der Waals surface area contributed by atoms with E-state index in [1.165, 1.54) is 5.56 Å². The van der Waals surface area contributed by atoms with Crippen LogP contribution in [0.2, 0.25) is 0 Å². The molecule has 3 aromatic rings.